The molecule has 0 saturated carbocycles. The van der Waals surface area contributed by atoms with Crippen molar-refractivity contribution in [3.63, 3.8) is 0 Å². The second-order valence-electron chi connectivity index (χ2n) is 4.60. The molecule has 5 nitrogen and oxygen atoms in total. The number of hydrogen-bond donors (Lipinski definition) is 1. The Morgan fingerprint density at radius 2 is 1.84 bits per heavy atom. The molecule has 0 atom stereocenters. The van der Waals surface area contributed by atoms with Crippen LogP contribution in [0, 0.1) is 5.82 Å². The van der Waals surface area contributed by atoms with Crippen LogP contribution >= 0.6 is 11.6 Å². The van der Waals surface area contributed by atoms with Crippen LogP contribution in [0.25, 0.3) is 0 Å². The van der Waals surface area contributed by atoms with Crippen LogP contribution < -0.4 is 10.1 Å². The molecular formula is C16H11ClF3NO4. The summed E-state index contributed by atoms with van der Waals surface area (Å²) in [5.74, 6) is -3.11. The average Bonchev–Trinajstić information content (AvgIpc) is 2.54. The topological polar surface area (TPSA) is 64.6 Å². The molecule has 0 fully saturated rings. The molecule has 0 bridgehead atoms. The fraction of sp³-hybridized carbons (Fsp3) is 0.125. The molecule has 0 aliphatic heterocycles. The van der Waals surface area contributed by atoms with Crippen LogP contribution in [-0.2, 0) is 9.53 Å². The highest BCUT2D eigenvalue weighted by Gasteiger charge is 2.19. The van der Waals surface area contributed by atoms with Crippen molar-refractivity contribution in [1.29, 1.82) is 0 Å². The molecule has 0 radical (unpaired) electrons. The molecule has 0 spiro atoms. The zero-order valence-corrected chi connectivity index (χ0v) is 13.2. The van der Waals surface area contributed by atoms with Gasteiger partial charge in [0.05, 0.1) is 10.7 Å². The first-order chi connectivity index (χ1) is 11.9. The third-order valence-electron chi connectivity index (χ3n) is 2.88. The molecule has 9 heteroatoms. The summed E-state index contributed by atoms with van der Waals surface area (Å²) in [6.07, 6.45) is 0. The predicted octanol–water partition coefficient (Wildman–Crippen LogP) is 3.88. The Kier molecular flexibility index (Phi) is 6.24. The minimum atomic E-state index is -3.07. The van der Waals surface area contributed by atoms with Crippen molar-refractivity contribution in [2.24, 2.45) is 0 Å². The van der Waals surface area contributed by atoms with Gasteiger partial charge in [0.15, 0.2) is 6.61 Å². The normalized spacial score (nSPS) is 10.4. The van der Waals surface area contributed by atoms with Gasteiger partial charge in [-0.2, -0.15) is 8.78 Å². The fourth-order valence-corrected chi connectivity index (χ4v) is 2.09. The maximum absolute atomic E-state index is 13.6. The van der Waals surface area contributed by atoms with Crippen molar-refractivity contribution in [3.05, 3.63) is 58.9 Å². The van der Waals surface area contributed by atoms with Crippen LogP contribution in [0.2, 0.25) is 5.02 Å². The number of hydrogen-bond acceptors (Lipinski definition) is 4. The highest BCUT2D eigenvalue weighted by molar-refractivity contribution is 6.33. The number of halogens is 4. The minimum Gasteiger partial charge on any atom is -0.452 e. The molecule has 0 saturated heterocycles. The van der Waals surface area contributed by atoms with E-state index in [4.69, 9.17) is 11.6 Å². The van der Waals surface area contributed by atoms with Gasteiger partial charge in [-0.25, -0.2) is 9.18 Å². The lowest BCUT2D eigenvalue weighted by Crippen LogP contribution is -2.22. The van der Waals surface area contributed by atoms with Crippen molar-refractivity contribution in [2.75, 3.05) is 11.9 Å². The van der Waals surface area contributed by atoms with Gasteiger partial charge in [0.25, 0.3) is 5.91 Å². The Morgan fingerprint density at radius 1 is 1.12 bits per heavy atom. The van der Waals surface area contributed by atoms with Crippen molar-refractivity contribution >= 4 is 29.2 Å². The standard InChI is InChI=1S/C16H11ClF3NO4/c17-9-4-3-5-10(18)14(9)15(23)24-8-13(22)21-11-6-1-2-7-12(11)25-16(19)20/h1-7,16H,8H2,(H,21,22). The average molecular weight is 374 g/mol. The second kappa shape index (κ2) is 8.39. The number of carbonyl (C=O) groups excluding carboxylic acids is 2. The third-order valence-corrected chi connectivity index (χ3v) is 3.19. The molecular weight excluding hydrogens is 363 g/mol. The van der Waals surface area contributed by atoms with Crippen LogP contribution in [0.4, 0.5) is 18.9 Å². The molecule has 132 valence electrons. The first kappa shape index (κ1) is 18.6. The maximum Gasteiger partial charge on any atom is 0.387 e. The summed E-state index contributed by atoms with van der Waals surface area (Å²) in [6, 6.07) is 9.09. The summed E-state index contributed by atoms with van der Waals surface area (Å²) in [5.41, 5.74) is -0.536. The third kappa shape index (κ3) is 5.12. The number of amides is 1. The van der Waals surface area contributed by atoms with E-state index >= 15 is 0 Å². The number of ether oxygens (including phenoxy) is 2. The Labute approximate surface area is 145 Å². The molecule has 1 amide bonds. The Balaban J connectivity index is 1.99. The summed E-state index contributed by atoms with van der Waals surface area (Å²) < 4.78 is 47.1. The van der Waals surface area contributed by atoms with E-state index in [1.807, 2.05) is 0 Å². The van der Waals surface area contributed by atoms with Gasteiger partial charge in [0.2, 0.25) is 0 Å². The predicted molar refractivity (Wildman–Crippen MR) is 83.4 cm³/mol. The van der Waals surface area contributed by atoms with Crippen LogP contribution in [0.3, 0.4) is 0 Å². The lowest BCUT2D eigenvalue weighted by atomic mass is 10.2. The lowest BCUT2D eigenvalue weighted by molar-refractivity contribution is -0.119. The van der Waals surface area contributed by atoms with Gasteiger partial charge < -0.3 is 14.8 Å². The number of esters is 1. The zero-order valence-electron chi connectivity index (χ0n) is 12.5. The van der Waals surface area contributed by atoms with Crippen molar-refractivity contribution in [1.82, 2.24) is 0 Å². The van der Waals surface area contributed by atoms with E-state index in [0.29, 0.717) is 0 Å². The van der Waals surface area contributed by atoms with E-state index in [2.05, 4.69) is 14.8 Å². The SMILES string of the molecule is O=C(COC(=O)c1c(F)cccc1Cl)Nc1ccccc1OC(F)F. The number of carbonyl (C=O) groups is 2. The summed E-state index contributed by atoms with van der Waals surface area (Å²) in [5, 5.41) is 2.09. The first-order valence-corrected chi connectivity index (χ1v) is 7.21. The Morgan fingerprint density at radius 3 is 2.52 bits per heavy atom. The van der Waals surface area contributed by atoms with Crippen LogP contribution in [-0.4, -0.2) is 25.1 Å². The molecule has 0 aliphatic carbocycles. The molecule has 2 aromatic carbocycles. The van der Waals surface area contributed by atoms with Gasteiger partial charge in [0, 0.05) is 0 Å². The van der Waals surface area contributed by atoms with Crippen LogP contribution in [0.1, 0.15) is 10.4 Å². The van der Waals surface area contributed by atoms with Gasteiger partial charge >= 0.3 is 12.6 Å². The highest BCUT2D eigenvalue weighted by atomic mass is 35.5. The number of anilines is 1. The zero-order chi connectivity index (χ0) is 18.4. The van der Waals surface area contributed by atoms with E-state index in [1.54, 1.807) is 0 Å². The first-order valence-electron chi connectivity index (χ1n) is 6.83. The molecule has 25 heavy (non-hydrogen) atoms. The molecule has 0 heterocycles. The maximum atomic E-state index is 13.6. The number of nitrogens with one attached hydrogen (secondary N) is 1. The summed E-state index contributed by atoms with van der Waals surface area (Å²) in [4.78, 5) is 23.6. The van der Waals surface area contributed by atoms with Gasteiger partial charge in [0.1, 0.15) is 17.1 Å². The molecule has 2 aromatic rings. The van der Waals surface area contributed by atoms with Gasteiger partial charge in [-0.1, -0.05) is 29.8 Å². The highest BCUT2D eigenvalue weighted by Crippen LogP contribution is 2.25. The van der Waals surface area contributed by atoms with Crippen molar-refractivity contribution < 1.29 is 32.2 Å². The summed E-state index contributed by atoms with van der Waals surface area (Å²) in [6.45, 7) is -3.84. The van der Waals surface area contributed by atoms with Crippen LogP contribution in [0.15, 0.2) is 42.5 Å². The molecule has 0 aliphatic rings. The molecule has 0 aromatic heterocycles. The van der Waals surface area contributed by atoms with E-state index in [9.17, 15) is 22.8 Å². The molecule has 1 N–H and O–H groups in total. The smallest absolute Gasteiger partial charge is 0.387 e. The van der Waals surface area contributed by atoms with Gasteiger partial charge in [-0.05, 0) is 24.3 Å². The van der Waals surface area contributed by atoms with E-state index < -0.39 is 36.5 Å². The lowest BCUT2D eigenvalue weighted by Gasteiger charge is -2.12. The monoisotopic (exact) mass is 373 g/mol. The van der Waals surface area contributed by atoms with Gasteiger partial charge in [-0.3, -0.25) is 4.79 Å². The van der Waals surface area contributed by atoms with Crippen molar-refractivity contribution in [3.8, 4) is 5.75 Å². The Bertz CT molecular complexity index is 765. The fourth-order valence-electron chi connectivity index (χ4n) is 1.85. The number of para-hydroxylation sites is 2. The quantitative estimate of drug-likeness (QED) is 0.780. The Hall–Kier alpha value is -2.74. The summed E-state index contributed by atoms with van der Waals surface area (Å²) in [7, 11) is 0. The van der Waals surface area contributed by atoms with E-state index in [0.717, 1.165) is 6.07 Å². The molecule has 2 rings (SSSR count). The number of rotatable bonds is 6. The second-order valence-corrected chi connectivity index (χ2v) is 5.00. The van der Waals surface area contributed by atoms with E-state index in [-0.39, 0.29) is 16.5 Å². The van der Waals surface area contributed by atoms with Crippen molar-refractivity contribution in [2.45, 2.75) is 6.61 Å². The van der Waals surface area contributed by atoms with Gasteiger partial charge in [-0.15, -0.1) is 0 Å². The number of benzene rings is 2. The number of alkyl halides is 2. The van der Waals surface area contributed by atoms with Crippen LogP contribution in [0.5, 0.6) is 5.75 Å². The molecule has 0 unspecified atom stereocenters. The minimum absolute atomic E-state index is 0.0345. The van der Waals surface area contributed by atoms with E-state index in [1.165, 1.54) is 36.4 Å². The largest absolute Gasteiger partial charge is 0.452 e. The summed E-state index contributed by atoms with van der Waals surface area (Å²) >= 11 is 5.71.